The van der Waals surface area contributed by atoms with Gasteiger partial charge < -0.3 is 14.4 Å². The average Bonchev–Trinajstić information content (AvgIpc) is 2.38. The Labute approximate surface area is 113 Å². The number of benzene rings is 1. The first kappa shape index (κ1) is 15.0. The summed E-state index contributed by atoms with van der Waals surface area (Å²) in [6.45, 7) is 1.76. The maximum atomic E-state index is 11.4. The molecule has 0 aliphatic carbocycles. The lowest BCUT2D eigenvalue weighted by molar-refractivity contribution is -0.129. The molecule has 0 bridgehead atoms. The van der Waals surface area contributed by atoms with Crippen LogP contribution < -0.4 is 9.47 Å². The van der Waals surface area contributed by atoms with Gasteiger partial charge in [0.15, 0.2) is 17.3 Å². The van der Waals surface area contributed by atoms with E-state index in [1.165, 1.54) is 18.9 Å². The molecule has 0 unspecified atom stereocenters. The van der Waals surface area contributed by atoms with Crippen molar-refractivity contribution in [1.29, 1.82) is 0 Å². The minimum absolute atomic E-state index is 0.000627. The van der Waals surface area contributed by atoms with Gasteiger partial charge in [0, 0.05) is 19.7 Å². The second kappa shape index (κ2) is 6.78. The quantitative estimate of drug-likeness (QED) is 0.735. The minimum Gasteiger partial charge on any atom is -0.493 e. The van der Waals surface area contributed by atoms with E-state index in [4.69, 9.17) is 9.47 Å². The Kier molecular flexibility index (Phi) is 5.36. The number of hydrogen-bond acceptors (Lipinski definition) is 4. The molecule has 0 saturated carbocycles. The molecule has 1 amide bonds. The maximum Gasteiger partial charge on any atom is 0.225 e. The Morgan fingerprint density at radius 2 is 1.89 bits per heavy atom. The molecular weight excluding hydrogens is 246 g/mol. The van der Waals surface area contributed by atoms with Gasteiger partial charge in [-0.25, -0.2) is 0 Å². The van der Waals surface area contributed by atoms with Crippen LogP contribution in [0.4, 0.5) is 0 Å². The van der Waals surface area contributed by atoms with Gasteiger partial charge in [-0.3, -0.25) is 9.59 Å². The molecule has 0 fully saturated rings. The van der Waals surface area contributed by atoms with Gasteiger partial charge in [0.1, 0.15) is 0 Å². The zero-order valence-electron chi connectivity index (χ0n) is 11.7. The van der Waals surface area contributed by atoms with Crippen LogP contribution in [0.3, 0.4) is 0 Å². The number of methoxy groups -OCH3 is 1. The molecule has 1 aromatic carbocycles. The standard InChI is InChI=1S/C14H19NO4/c1-10(16)11-5-6-12(13(9-11)18-4)19-8-7-14(17)15(2)3/h5-6,9H,7-8H2,1-4H3. The van der Waals surface area contributed by atoms with Crippen molar-refractivity contribution >= 4 is 11.7 Å². The summed E-state index contributed by atoms with van der Waals surface area (Å²) in [6.07, 6.45) is 0.296. The monoisotopic (exact) mass is 265 g/mol. The van der Waals surface area contributed by atoms with E-state index >= 15 is 0 Å². The topological polar surface area (TPSA) is 55.8 Å². The van der Waals surface area contributed by atoms with Crippen LogP contribution in [0.1, 0.15) is 23.7 Å². The Morgan fingerprint density at radius 3 is 2.42 bits per heavy atom. The molecule has 0 aliphatic heterocycles. The molecule has 104 valence electrons. The maximum absolute atomic E-state index is 11.4. The first-order valence-electron chi connectivity index (χ1n) is 5.97. The van der Waals surface area contributed by atoms with Gasteiger partial charge >= 0.3 is 0 Å². The number of rotatable bonds is 6. The molecule has 0 N–H and O–H groups in total. The summed E-state index contributed by atoms with van der Waals surface area (Å²) in [7, 11) is 4.91. The van der Waals surface area contributed by atoms with Crippen LogP contribution in [0.2, 0.25) is 0 Å². The highest BCUT2D eigenvalue weighted by Gasteiger charge is 2.09. The number of hydrogen-bond donors (Lipinski definition) is 0. The summed E-state index contributed by atoms with van der Waals surface area (Å²) >= 11 is 0. The summed E-state index contributed by atoms with van der Waals surface area (Å²) in [5.74, 6) is 0.982. The summed E-state index contributed by atoms with van der Waals surface area (Å²) in [4.78, 5) is 24.2. The van der Waals surface area contributed by atoms with E-state index in [0.29, 0.717) is 23.5 Å². The molecule has 0 atom stereocenters. The molecule has 0 saturated heterocycles. The fourth-order valence-corrected chi connectivity index (χ4v) is 1.48. The minimum atomic E-state index is -0.0346. The van der Waals surface area contributed by atoms with E-state index in [-0.39, 0.29) is 18.3 Å². The van der Waals surface area contributed by atoms with Gasteiger partial charge in [-0.2, -0.15) is 0 Å². The van der Waals surface area contributed by atoms with Crippen LogP contribution in [-0.2, 0) is 4.79 Å². The number of amides is 1. The van der Waals surface area contributed by atoms with E-state index in [9.17, 15) is 9.59 Å². The Balaban J connectivity index is 2.68. The molecular formula is C14H19NO4. The van der Waals surface area contributed by atoms with Crippen LogP contribution >= 0.6 is 0 Å². The number of Topliss-reactive ketones (excluding diaryl/α,β-unsaturated/α-hetero) is 1. The molecule has 1 rings (SSSR count). The number of nitrogens with zero attached hydrogens (tertiary/aromatic N) is 1. The Hall–Kier alpha value is -2.04. The molecule has 0 spiro atoms. The van der Waals surface area contributed by atoms with Gasteiger partial charge in [0.25, 0.3) is 0 Å². The van der Waals surface area contributed by atoms with Gasteiger partial charge in [0.05, 0.1) is 20.1 Å². The van der Waals surface area contributed by atoms with E-state index in [1.807, 2.05) is 0 Å². The third kappa shape index (κ3) is 4.28. The molecule has 19 heavy (non-hydrogen) atoms. The fraction of sp³-hybridized carbons (Fsp3) is 0.429. The molecule has 0 aliphatic rings. The molecule has 5 heteroatoms. The summed E-state index contributed by atoms with van der Waals surface area (Å²) in [5.41, 5.74) is 0.563. The largest absolute Gasteiger partial charge is 0.493 e. The van der Waals surface area contributed by atoms with Crippen molar-refractivity contribution in [2.75, 3.05) is 27.8 Å². The third-order valence-electron chi connectivity index (χ3n) is 2.64. The van der Waals surface area contributed by atoms with Crippen molar-refractivity contribution in [2.24, 2.45) is 0 Å². The number of ether oxygens (including phenoxy) is 2. The van der Waals surface area contributed by atoms with Crippen molar-refractivity contribution in [3.05, 3.63) is 23.8 Å². The lowest BCUT2D eigenvalue weighted by Crippen LogP contribution is -2.23. The second-order valence-corrected chi connectivity index (χ2v) is 4.31. The van der Waals surface area contributed by atoms with Crippen LogP contribution in [0.25, 0.3) is 0 Å². The van der Waals surface area contributed by atoms with Crippen molar-refractivity contribution in [3.8, 4) is 11.5 Å². The van der Waals surface area contributed by atoms with Crippen LogP contribution in [0, 0.1) is 0 Å². The normalized spacial score (nSPS) is 9.89. The van der Waals surface area contributed by atoms with E-state index in [2.05, 4.69) is 0 Å². The Bertz CT molecular complexity index is 469. The fourth-order valence-electron chi connectivity index (χ4n) is 1.48. The van der Waals surface area contributed by atoms with E-state index < -0.39 is 0 Å². The smallest absolute Gasteiger partial charge is 0.225 e. The van der Waals surface area contributed by atoms with Crippen molar-refractivity contribution in [2.45, 2.75) is 13.3 Å². The SMILES string of the molecule is COc1cc(C(C)=O)ccc1OCCC(=O)N(C)C. The van der Waals surface area contributed by atoms with E-state index in [0.717, 1.165) is 0 Å². The zero-order valence-corrected chi connectivity index (χ0v) is 11.7. The van der Waals surface area contributed by atoms with Crippen LogP contribution in [0.15, 0.2) is 18.2 Å². The highest BCUT2D eigenvalue weighted by Crippen LogP contribution is 2.28. The van der Waals surface area contributed by atoms with Crippen molar-refractivity contribution in [1.82, 2.24) is 4.90 Å². The number of carbonyl (C=O) groups is 2. The molecule has 0 radical (unpaired) electrons. The van der Waals surface area contributed by atoms with Gasteiger partial charge in [-0.05, 0) is 25.1 Å². The van der Waals surface area contributed by atoms with Crippen LogP contribution in [-0.4, -0.2) is 44.4 Å². The summed E-state index contributed by atoms with van der Waals surface area (Å²) < 4.78 is 10.7. The molecule has 1 aromatic rings. The molecule has 5 nitrogen and oxygen atoms in total. The Morgan fingerprint density at radius 1 is 1.21 bits per heavy atom. The third-order valence-corrected chi connectivity index (χ3v) is 2.64. The predicted molar refractivity (Wildman–Crippen MR) is 71.8 cm³/mol. The number of ketones is 1. The first-order valence-corrected chi connectivity index (χ1v) is 5.97. The molecule has 0 aromatic heterocycles. The highest BCUT2D eigenvalue weighted by atomic mass is 16.5. The highest BCUT2D eigenvalue weighted by molar-refractivity contribution is 5.94. The number of carbonyl (C=O) groups excluding carboxylic acids is 2. The van der Waals surface area contributed by atoms with Gasteiger partial charge in [-0.1, -0.05) is 0 Å². The van der Waals surface area contributed by atoms with E-state index in [1.54, 1.807) is 32.3 Å². The summed E-state index contributed by atoms with van der Waals surface area (Å²) in [5, 5.41) is 0. The zero-order chi connectivity index (χ0) is 14.4. The van der Waals surface area contributed by atoms with Crippen molar-refractivity contribution < 1.29 is 19.1 Å². The summed E-state index contributed by atoms with van der Waals surface area (Å²) in [6, 6.07) is 4.98. The lowest BCUT2D eigenvalue weighted by atomic mass is 10.1. The molecule has 0 heterocycles. The average molecular weight is 265 g/mol. The predicted octanol–water partition coefficient (Wildman–Crippen LogP) is 1.75. The first-order chi connectivity index (χ1) is 8.95. The lowest BCUT2D eigenvalue weighted by Gasteiger charge is -2.13. The second-order valence-electron chi connectivity index (χ2n) is 4.31. The van der Waals surface area contributed by atoms with Crippen LogP contribution in [0.5, 0.6) is 11.5 Å². The van der Waals surface area contributed by atoms with Gasteiger partial charge in [-0.15, -0.1) is 0 Å². The van der Waals surface area contributed by atoms with Crippen molar-refractivity contribution in [3.63, 3.8) is 0 Å². The van der Waals surface area contributed by atoms with Gasteiger partial charge in [0.2, 0.25) is 5.91 Å².